The number of anilines is 1. The second-order valence-corrected chi connectivity index (χ2v) is 5.58. The molecule has 19 heavy (non-hydrogen) atoms. The van der Waals surface area contributed by atoms with Crippen molar-refractivity contribution in [2.75, 3.05) is 19.4 Å². The number of carbonyl (C=O) groups excluding carboxylic acids is 1. The lowest BCUT2D eigenvalue weighted by atomic mass is 10.1. The molecule has 1 aromatic carbocycles. The molecule has 0 bridgehead atoms. The third-order valence-corrected chi connectivity index (χ3v) is 3.22. The Morgan fingerprint density at radius 3 is 2.63 bits per heavy atom. The summed E-state index contributed by atoms with van der Waals surface area (Å²) in [6, 6.07) is 5.61. The highest BCUT2D eigenvalue weighted by Crippen LogP contribution is 2.30. The van der Waals surface area contributed by atoms with E-state index in [1.807, 2.05) is 4.90 Å². The van der Waals surface area contributed by atoms with Crippen LogP contribution in [-0.4, -0.2) is 30.5 Å². The Bertz CT molecular complexity index is 467. The molecule has 104 valence electrons. The van der Waals surface area contributed by atoms with E-state index in [2.05, 4.69) is 13.8 Å². The van der Waals surface area contributed by atoms with Crippen LogP contribution in [0.5, 0.6) is 5.75 Å². The number of nitrogens with zero attached hydrogens (tertiary/aromatic N) is 1. The summed E-state index contributed by atoms with van der Waals surface area (Å²) in [6.07, 6.45) is 2.22. The van der Waals surface area contributed by atoms with Crippen molar-refractivity contribution in [1.82, 2.24) is 4.90 Å². The molecule has 1 aliphatic rings. The molecule has 1 aliphatic carbocycles. The molecule has 0 radical (unpaired) electrons. The quantitative estimate of drug-likeness (QED) is 0.830. The number of rotatable bonds is 5. The minimum absolute atomic E-state index is 0.0572. The molecular formula is C15H22N2O2. The maximum absolute atomic E-state index is 12.6. The first kappa shape index (κ1) is 13.7. The molecule has 1 aromatic rings. The SMILES string of the molecule is COc1cc(N)cc(C(=O)N(CC(C)C)C2CC2)c1. The van der Waals surface area contributed by atoms with E-state index in [0.717, 1.165) is 19.4 Å². The van der Waals surface area contributed by atoms with Crippen molar-refractivity contribution in [2.45, 2.75) is 32.7 Å². The number of nitrogens with two attached hydrogens (primary N) is 1. The number of hydrogen-bond donors (Lipinski definition) is 1. The Balaban J connectivity index is 2.23. The predicted octanol–water partition coefficient (Wildman–Crippen LogP) is 2.54. The van der Waals surface area contributed by atoms with Crippen molar-refractivity contribution in [1.29, 1.82) is 0 Å². The Kier molecular flexibility index (Phi) is 3.98. The molecule has 1 saturated carbocycles. The number of nitrogen functional groups attached to an aromatic ring is 1. The first-order chi connectivity index (χ1) is 9.01. The molecule has 4 nitrogen and oxygen atoms in total. The van der Waals surface area contributed by atoms with Gasteiger partial charge < -0.3 is 15.4 Å². The number of ether oxygens (including phenoxy) is 1. The van der Waals surface area contributed by atoms with E-state index < -0.39 is 0 Å². The zero-order chi connectivity index (χ0) is 14.0. The fourth-order valence-corrected chi connectivity index (χ4v) is 2.21. The molecular weight excluding hydrogens is 240 g/mol. The van der Waals surface area contributed by atoms with Crippen LogP contribution in [0, 0.1) is 5.92 Å². The zero-order valence-electron chi connectivity index (χ0n) is 11.8. The summed E-state index contributed by atoms with van der Waals surface area (Å²) in [6.45, 7) is 5.05. The normalized spacial score (nSPS) is 14.5. The first-order valence-electron chi connectivity index (χ1n) is 6.76. The molecule has 0 spiro atoms. The van der Waals surface area contributed by atoms with Gasteiger partial charge in [0, 0.05) is 29.9 Å². The average Bonchev–Trinajstić information content (AvgIpc) is 3.18. The van der Waals surface area contributed by atoms with Gasteiger partial charge in [0.05, 0.1) is 7.11 Å². The minimum Gasteiger partial charge on any atom is -0.497 e. The molecule has 4 heteroatoms. The monoisotopic (exact) mass is 262 g/mol. The third kappa shape index (κ3) is 3.40. The van der Waals surface area contributed by atoms with Crippen molar-refractivity contribution < 1.29 is 9.53 Å². The third-order valence-electron chi connectivity index (χ3n) is 3.22. The van der Waals surface area contributed by atoms with Gasteiger partial charge in [-0.1, -0.05) is 13.8 Å². The smallest absolute Gasteiger partial charge is 0.254 e. The number of amides is 1. The van der Waals surface area contributed by atoms with Crippen molar-refractivity contribution >= 4 is 11.6 Å². The van der Waals surface area contributed by atoms with Crippen LogP contribution in [0.25, 0.3) is 0 Å². The van der Waals surface area contributed by atoms with E-state index in [1.54, 1.807) is 25.3 Å². The van der Waals surface area contributed by atoms with Gasteiger partial charge >= 0.3 is 0 Å². The van der Waals surface area contributed by atoms with Crippen LogP contribution in [0.1, 0.15) is 37.0 Å². The van der Waals surface area contributed by atoms with Gasteiger partial charge in [0.25, 0.3) is 5.91 Å². The van der Waals surface area contributed by atoms with E-state index in [0.29, 0.717) is 29.0 Å². The van der Waals surface area contributed by atoms with E-state index in [4.69, 9.17) is 10.5 Å². The van der Waals surface area contributed by atoms with Crippen LogP contribution in [0.4, 0.5) is 5.69 Å². The largest absolute Gasteiger partial charge is 0.497 e. The van der Waals surface area contributed by atoms with Gasteiger partial charge in [-0.15, -0.1) is 0 Å². The molecule has 2 rings (SSSR count). The molecule has 2 N–H and O–H groups in total. The average molecular weight is 262 g/mol. The molecule has 0 aliphatic heterocycles. The van der Waals surface area contributed by atoms with Gasteiger partial charge in [0.2, 0.25) is 0 Å². The predicted molar refractivity (Wildman–Crippen MR) is 76.3 cm³/mol. The van der Waals surface area contributed by atoms with Gasteiger partial charge in [-0.25, -0.2) is 0 Å². The fourth-order valence-electron chi connectivity index (χ4n) is 2.21. The Labute approximate surface area is 114 Å². The zero-order valence-corrected chi connectivity index (χ0v) is 11.8. The standard InChI is InChI=1S/C15H22N2O2/c1-10(2)9-17(13-4-5-13)15(18)11-6-12(16)8-14(7-11)19-3/h6-8,10,13H,4-5,9,16H2,1-3H3. The summed E-state index contributed by atoms with van der Waals surface area (Å²) < 4.78 is 5.17. The number of hydrogen-bond acceptors (Lipinski definition) is 3. The molecule has 0 unspecified atom stereocenters. The lowest BCUT2D eigenvalue weighted by Crippen LogP contribution is -2.36. The Morgan fingerprint density at radius 2 is 2.11 bits per heavy atom. The fraction of sp³-hybridized carbons (Fsp3) is 0.533. The minimum atomic E-state index is 0.0572. The molecule has 1 amide bonds. The van der Waals surface area contributed by atoms with Gasteiger partial charge in [0.15, 0.2) is 0 Å². The van der Waals surface area contributed by atoms with Crippen LogP contribution >= 0.6 is 0 Å². The van der Waals surface area contributed by atoms with Crippen molar-refractivity contribution in [3.05, 3.63) is 23.8 Å². The molecule has 0 atom stereocenters. The summed E-state index contributed by atoms with van der Waals surface area (Å²) in [5.41, 5.74) is 6.99. The van der Waals surface area contributed by atoms with E-state index >= 15 is 0 Å². The van der Waals surface area contributed by atoms with Crippen LogP contribution in [0.15, 0.2) is 18.2 Å². The van der Waals surface area contributed by atoms with E-state index in [9.17, 15) is 4.79 Å². The van der Waals surface area contributed by atoms with Gasteiger partial charge in [-0.05, 0) is 30.9 Å². The van der Waals surface area contributed by atoms with Crippen molar-refractivity contribution in [3.8, 4) is 5.75 Å². The highest BCUT2D eigenvalue weighted by molar-refractivity contribution is 5.96. The van der Waals surface area contributed by atoms with Crippen molar-refractivity contribution in [3.63, 3.8) is 0 Å². The van der Waals surface area contributed by atoms with Crippen LogP contribution in [-0.2, 0) is 0 Å². The lowest BCUT2D eigenvalue weighted by Gasteiger charge is -2.24. The highest BCUT2D eigenvalue weighted by Gasteiger charge is 2.33. The Morgan fingerprint density at radius 1 is 1.42 bits per heavy atom. The Hall–Kier alpha value is -1.71. The van der Waals surface area contributed by atoms with Gasteiger partial charge in [-0.3, -0.25) is 4.79 Å². The van der Waals surface area contributed by atoms with E-state index in [-0.39, 0.29) is 5.91 Å². The van der Waals surface area contributed by atoms with E-state index in [1.165, 1.54) is 0 Å². The summed E-state index contributed by atoms with van der Waals surface area (Å²) >= 11 is 0. The lowest BCUT2D eigenvalue weighted by molar-refractivity contribution is 0.0722. The summed E-state index contributed by atoms with van der Waals surface area (Å²) in [7, 11) is 1.58. The summed E-state index contributed by atoms with van der Waals surface area (Å²) in [5, 5.41) is 0. The topological polar surface area (TPSA) is 55.6 Å². The molecule has 0 heterocycles. The first-order valence-corrected chi connectivity index (χ1v) is 6.76. The summed E-state index contributed by atoms with van der Waals surface area (Å²) in [4.78, 5) is 14.6. The van der Waals surface area contributed by atoms with Crippen LogP contribution in [0.3, 0.4) is 0 Å². The molecule has 0 aromatic heterocycles. The number of methoxy groups -OCH3 is 1. The van der Waals surface area contributed by atoms with Crippen LogP contribution in [0.2, 0.25) is 0 Å². The maximum Gasteiger partial charge on any atom is 0.254 e. The summed E-state index contributed by atoms with van der Waals surface area (Å²) in [5.74, 6) is 1.15. The van der Waals surface area contributed by atoms with Gasteiger partial charge in [-0.2, -0.15) is 0 Å². The number of benzene rings is 1. The highest BCUT2D eigenvalue weighted by atomic mass is 16.5. The second kappa shape index (κ2) is 5.51. The molecule has 0 saturated heterocycles. The molecule has 1 fully saturated rings. The van der Waals surface area contributed by atoms with Crippen LogP contribution < -0.4 is 10.5 Å². The number of carbonyl (C=O) groups is 1. The maximum atomic E-state index is 12.6. The second-order valence-electron chi connectivity index (χ2n) is 5.58. The van der Waals surface area contributed by atoms with Crippen molar-refractivity contribution in [2.24, 2.45) is 5.92 Å². The van der Waals surface area contributed by atoms with Gasteiger partial charge in [0.1, 0.15) is 5.75 Å².